The van der Waals surface area contributed by atoms with Gasteiger partial charge in [-0.3, -0.25) is 0 Å². The fraction of sp³-hybridized carbons (Fsp3) is 0.333. The van der Waals surface area contributed by atoms with E-state index in [1.165, 1.54) is 88.3 Å². The Labute approximate surface area is 289 Å². The second-order valence-corrected chi connectivity index (χ2v) is 18.4. The van der Waals surface area contributed by atoms with Gasteiger partial charge in [-0.05, 0) is 110 Å². The fourth-order valence-corrected chi connectivity index (χ4v) is 7.61. The van der Waals surface area contributed by atoms with Crippen LogP contribution in [0.25, 0.3) is 66.1 Å². The predicted octanol–water partition coefficient (Wildman–Crippen LogP) is 14.2. The normalized spacial score (nSPS) is 13.4. The third kappa shape index (κ3) is 5.29. The summed E-state index contributed by atoms with van der Waals surface area (Å²) in [5.41, 5.74) is 16.4. The van der Waals surface area contributed by atoms with Crippen molar-refractivity contribution < 1.29 is 0 Å². The van der Waals surface area contributed by atoms with Crippen molar-refractivity contribution in [2.24, 2.45) is 0 Å². The van der Waals surface area contributed by atoms with Crippen LogP contribution in [0.2, 0.25) is 0 Å². The molecule has 0 bridgehead atoms. The van der Waals surface area contributed by atoms with Crippen LogP contribution < -0.4 is 0 Å². The molecule has 0 N–H and O–H groups in total. The first-order valence-corrected chi connectivity index (χ1v) is 17.8. The second-order valence-electron chi connectivity index (χ2n) is 18.4. The summed E-state index contributed by atoms with van der Waals surface area (Å²) in [6.07, 6.45) is 0. The van der Waals surface area contributed by atoms with Crippen LogP contribution in [-0.4, -0.2) is 0 Å². The molecular formula is C48H52. The van der Waals surface area contributed by atoms with Crippen LogP contribution in [-0.2, 0) is 21.7 Å². The Morgan fingerprint density at radius 1 is 0.333 bits per heavy atom. The smallest absolute Gasteiger partial charge is 0.000741 e. The molecule has 0 radical (unpaired) electrons. The number of fused-ring (bicyclic) bond motifs is 4. The Hall–Kier alpha value is -4.16. The third-order valence-electron chi connectivity index (χ3n) is 10.6. The lowest BCUT2D eigenvalue weighted by atomic mass is 9.75. The summed E-state index contributed by atoms with van der Waals surface area (Å²) in [5.74, 6) is 0. The van der Waals surface area contributed by atoms with Gasteiger partial charge in [-0.25, -0.2) is 0 Å². The zero-order valence-electron chi connectivity index (χ0n) is 31.2. The van der Waals surface area contributed by atoms with Gasteiger partial charge < -0.3 is 0 Å². The van der Waals surface area contributed by atoms with E-state index in [9.17, 15) is 0 Å². The standard InChI is InChI=1S/C48H52/c1-45(2,3)32-23-30(24-33(27-32)46(4,5)6)41-36-19-13-14-20-37(36)42(31-25-34(47(7,8)9)28-35(26-31)48(10,11)12)44-39-22-16-18-29-17-15-21-38(40(29)39)43(41)44/h13-28H,1-12H3. The molecule has 0 saturated heterocycles. The largest absolute Gasteiger partial charge is 0.0616 e. The Morgan fingerprint density at radius 3 is 0.979 bits per heavy atom. The van der Waals surface area contributed by atoms with E-state index in [4.69, 9.17) is 0 Å². The molecule has 0 nitrogen and oxygen atoms in total. The summed E-state index contributed by atoms with van der Waals surface area (Å²) < 4.78 is 0. The highest BCUT2D eigenvalue weighted by Gasteiger charge is 2.32. The van der Waals surface area contributed by atoms with Gasteiger partial charge >= 0.3 is 0 Å². The molecule has 48 heavy (non-hydrogen) atoms. The van der Waals surface area contributed by atoms with Gasteiger partial charge in [0.1, 0.15) is 0 Å². The van der Waals surface area contributed by atoms with Crippen LogP contribution in [0.4, 0.5) is 0 Å². The Morgan fingerprint density at radius 2 is 0.667 bits per heavy atom. The van der Waals surface area contributed by atoms with Crippen LogP contribution in [0.1, 0.15) is 105 Å². The van der Waals surface area contributed by atoms with E-state index in [0.717, 1.165) is 0 Å². The van der Waals surface area contributed by atoms with Gasteiger partial charge in [0, 0.05) is 0 Å². The van der Waals surface area contributed by atoms with E-state index in [2.05, 4.69) is 180 Å². The van der Waals surface area contributed by atoms with E-state index in [-0.39, 0.29) is 21.7 Å². The summed E-state index contributed by atoms with van der Waals surface area (Å²) in [7, 11) is 0. The molecule has 0 fully saturated rings. The third-order valence-corrected chi connectivity index (χ3v) is 10.6. The number of hydrogen-bond acceptors (Lipinski definition) is 0. The summed E-state index contributed by atoms with van der Waals surface area (Å²) in [6, 6.07) is 37.8. The minimum absolute atomic E-state index is 0.0225. The zero-order chi connectivity index (χ0) is 34.6. The van der Waals surface area contributed by atoms with E-state index in [1.807, 2.05) is 0 Å². The van der Waals surface area contributed by atoms with Crippen LogP contribution in [0.5, 0.6) is 0 Å². The number of rotatable bonds is 2. The van der Waals surface area contributed by atoms with Crippen molar-refractivity contribution in [3.05, 3.63) is 119 Å². The lowest BCUT2D eigenvalue weighted by Crippen LogP contribution is -2.17. The molecule has 7 rings (SSSR count). The molecule has 1 aliphatic carbocycles. The molecule has 0 heterocycles. The van der Waals surface area contributed by atoms with Crippen LogP contribution in [0.3, 0.4) is 0 Å². The molecule has 244 valence electrons. The first kappa shape index (κ1) is 32.4. The van der Waals surface area contributed by atoms with Gasteiger partial charge in [-0.1, -0.05) is 180 Å². The molecule has 0 heteroatoms. The average molecular weight is 629 g/mol. The van der Waals surface area contributed by atoms with Gasteiger partial charge in [0.2, 0.25) is 0 Å². The fourth-order valence-electron chi connectivity index (χ4n) is 7.61. The Balaban J connectivity index is 1.71. The quantitative estimate of drug-likeness (QED) is 0.179. The monoisotopic (exact) mass is 628 g/mol. The summed E-state index contributed by atoms with van der Waals surface area (Å²) >= 11 is 0. The van der Waals surface area contributed by atoms with Crippen molar-refractivity contribution in [1.29, 1.82) is 0 Å². The molecule has 0 aromatic heterocycles. The van der Waals surface area contributed by atoms with Crippen LogP contribution in [0.15, 0.2) is 97.1 Å². The van der Waals surface area contributed by atoms with Crippen LogP contribution in [0, 0.1) is 0 Å². The predicted molar refractivity (Wildman–Crippen MR) is 212 cm³/mol. The van der Waals surface area contributed by atoms with Crippen molar-refractivity contribution in [1.82, 2.24) is 0 Å². The molecule has 0 aliphatic heterocycles. The van der Waals surface area contributed by atoms with E-state index in [1.54, 1.807) is 0 Å². The van der Waals surface area contributed by atoms with Crippen LogP contribution >= 0.6 is 0 Å². The molecule has 1 aliphatic rings. The number of benzene rings is 6. The van der Waals surface area contributed by atoms with Crippen molar-refractivity contribution >= 4 is 21.5 Å². The SMILES string of the molecule is CC(C)(C)c1cc(-c2c3c(c(-c4cc(C(C)(C)C)cc(C(C)(C)C)c4)c4ccccc24)-c2cccc4cccc-3c24)cc(C(C)(C)C)c1. The Kier molecular flexibility index (Phi) is 7.20. The van der Waals surface area contributed by atoms with Gasteiger partial charge in [0.25, 0.3) is 0 Å². The molecule has 0 atom stereocenters. The maximum atomic E-state index is 2.48. The lowest BCUT2D eigenvalue weighted by Gasteiger charge is -2.29. The van der Waals surface area contributed by atoms with Gasteiger partial charge in [-0.2, -0.15) is 0 Å². The molecule has 0 unspecified atom stereocenters. The van der Waals surface area contributed by atoms with E-state index in [0.29, 0.717) is 0 Å². The number of hydrogen-bond donors (Lipinski definition) is 0. The van der Waals surface area contributed by atoms with E-state index >= 15 is 0 Å². The topological polar surface area (TPSA) is 0 Å². The minimum Gasteiger partial charge on any atom is -0.0616 e. The summed E-state index contributed by atoms with van der Waals surface area (Å²) in [6.45, 7) is 28.1. The zero-order valence-corrected chi connectivity index (χ0v) is 31.2. The van der Waals surface area contributed by atoms with E-state index < -0.39 is 0 Å². The minimum atomic E-state index is 0.0225. The summed E-state index contributed by atoms with van der Waals surface area (Å²) in [5, 5.41) is 5.32. The van der Waals surface area contributed by atoms with Crippen molar-refractivity contribution in [2.45, 2.75) is 105 Å². The Bertz CT molecular complexity index is 2020. The summed E-state index contributed by atoms with van der Waals surface area (Å²) in [4.78, 5) is 0. The average Bonchev–Trinajstić information content (AvgIpc) is 3.33. The highest BCUT2D eigenvalue weighted by atomic mass is 14.4. The highest BCUT2D eigenvalue weighted by Crippen LogP contribution is 2.58. The molecule has 6 aromatic rings. The van der Waals surface area contributed by atoms with Gasteiger partial charge in [0.05, 0.1) is 0 Å². The molecule has 0 amide bonds. The van der Waals surface area contributed by atoms with Gasteiger partial charge in [0.15, 0.2) is 0 Å². The lowest BCUT2D eigenvalue weighted by molar-refractivity contribution is 0.568. The second kappa shape index (κ2) is 10.7. The maximum Gasteiger partial charge on any atom is -0.000741 e. The van der Waals surface area contributed by atoms with Crippen molar-refractivity contribution in [3.8, 4) is 44.5 Å². The van der Waals surface area contributed by atoms with Crippen molar-refractivity contribution in [2.75, 3.05) is 0 Å². The molecule has 6 aromatic carbocycles. The maximum absolute atomic E-state index is 2.48. The van der Waals surface area contributed by atoms with Crippen molar-refractivity contribution in [3.63, 3.8) is 0 Å². The molecular weight excluding hydrogens is 577 g/mol. The van der Waals surface area contributed by atoms with Gasteiger partial charge in [-0.15, -0.1) is 0 Å². The first-order chi connectivity index (χ1) is 22.3. The highest BCUT2D eigenvalue weighted by molar-refractivity contribution is 6.27. The molecule has 0 spiro atoms. The molecule has 0 saturated carbocycles. The first-order valence-electron chi connectivity index (χ1n) is 17.8.